The van der Waals surface area contributed by atoms with E-state index in [4.69, 9.17) is 9.47 Å². The van der Waals surface area contributed by atoms with Crippen LogP contribution in [0.4, 0.5) is 5.69 Å². The molecule has 2 N–H and O–H groups in total. The molecule has 154 valence electrons. The van der Waals surface area contributed by atoms with Crippen molar-refractivity contribution in [3.05, 3.63) is 18.2 Å². The van der Waals surface area contributed by atoms with E-state index in [-0.39, 0.29) is 5.75 Å². The highest BCUT2D eigenvalue weighted by atomic mass is 32.2. The van der Waals surface area contributed by atoms with E-state index in [1.807, 2.05) is 32.0 Å². The van der Waals surface area contributed by atoms with Gasteiger partial charge in [0.25, 0.3) is 0 Å². The molecule has 0 saturated heterocycles. The quantitative estimate of drug-likeness (QED) is 0.336. The van der Waals surface area contributed by atoms with Crippen molar-refractivity contribution < 1.29 is 17.9 Å². The molecule has 0 fully saturated rings. The Kier molecular flexibility index (Phi) is 9.95. The van der Waals surface area contributed by atoms with Gasteiger partial charge in [0, 0.05) is 38.4 Å². The molecular weight excluding hydrogens is 368 g/mol. The van der Waals surface area contributed by atoms with Gasteiger partial charge in [-0.15, -0.1) is 0 Å². The lowest BCUT2D eigenvalue weighted by Gasteiger charge is -2.16. The lowest BCUT2D eigenvalue weighted by Crippen LogP contribution is -2.32. The van der Waals surface area contributed by atoms with Crippen molar-refractivity contribution in [1.29, 1.82) is 0 Å². The van der Waals surface area contributed by atoms with Crippen molar-refractivity contribution in [2.24, 2.45) is 4.99 Å². The van der Waals surface area contributed by atoms with E-state index in [0.717, 1.165) is 5.69 Å². The maximum absolute atomic E-state index is 11.7. The summed E-state index contributed by atoms with van der Waals surface area (Å²) in [5.74, 6) is 2.07. The lowest BCUT2D eigenvalue weighted by molar-refractivity contribution is 0.311. The molecular formula is C18H32N4O4S. The minimum atomic E-state index is -3.15. The third kappa shape index (κ3) is 7.64. The molecule has 8 nitrogen and oxygen atoms in total. The number of hydrogen-bond donors (Lipinski definition) is 2. The summed E-state index contributed by atoms with van der Waals surface area (Å²) in [7, 11) is 0.0480. The van der Waals surface area contributed by atoms with Gasteiger partial charge < -0.3 is 20.1 Å². The fourth-order valence-corrected chi connectivity index (χ4v) is 3.16. The minimum Gasteiger partial charge on any atom is -0.493 e. The third-order valence-electron chi connectivity index (χ3n) is 3.81. The first-order chi connectivity index (χ1) is 12.9. The summed E-state index contributed by atoms with van der Waals surface area (Å²) >= 11 is 0. The van der Waals surface area contributed by atoms with Crippen molar-refractivity contribution in [3.63, 3.8) is 0 Å². The van der Waals surface area contributed by atoms with Crippen LogP contribution >= 0.6 is 0 Å². The highest BCUT2D eigenvalue weighted by Crippen LogP contribution is 2.30. The molecule has 0 aliphatic rings. The minimum absolute atomic E-state index is 0.108. The van der Waals surface area contributed by atoms with E-state index >= 15 is 0 Å². The first-order valence-corrected chi connectivity index (χ1v) is 10.8. The Hall–Kier alpha value is -2.00. The number of sulfonamides is 1. The standard InChI is InChI=1S/C18H32N4O4S/c1-6-19-18(20-12-9-13-22(4)27(23,24)8-3)21-15-10-11-16(26-7-2)17(14-15)25-5/h10-11,14H,6-9,12-13H2,1-5H3,(H2,19,20,21). The van der Waals surface area contributed by atoms with Crippen molar-refractivity contribution in [3.8, 4) is 11.5 Å². The van der Waals surface area contributed by atoms with Crippen LogP contribution in [0.3, 0.4) is 0 Å². The Morgan fingerprint density at radius 3 is 2.56 bits per heavy atom. The van der Waals surface area contributed by atoms with Gasteiger partial charge in [0.15, 0.2) is 17.5 Å². The predicted molar refractivity (Wildman–Crippen MR) is 110 cm³/mol. The molecule has 1 aromatic carbocycles. The van der Waals surface area contributed by atoms with Crippen molar-refractivity contribution >= 4 is 21.7 Å². The zero-order valence-electron chi connectivity index (χ0n) is 16.9. The lowest BCUT2D eigenvalue weighted by atomic mass is 10.2. The molecule has 0 radical (unpaired) electrons. The van der Waals surface area contributed by atoms with Gasteiger partial charge >= 0.3 is 0 Å². The van der Waals surface area contributed by atoms with E-state index in [1.54, 1.807) is 21.1 Å². The first kappa shape index (κ1) is 23.0. The highest BCUT2D eigenvalue weighted by Gasteiger charge is 2.14. The Balaban J connectivity index is 2.71. The third-order valence-corrected chi connectivity index (χ3v) is 5.67. The molecule has 1 aromatic rings. The van der Waals surface area contributed by atoms with Crippen molar-refractivity contribution in [2.75, 3.05) is 51.5 Å². The van der Waals surface area contributed by atoms with Gasteiger partial charge in [0.05, 0.1) is 19.5 Å². The van der Waals surface area contributed by atoms with E-state index in [0.29, 0.717) is 50.1 Å². The monoisotopic (exact) mass is 400 g/mol. The zero-order chi connectivity index (χ0) is 20.3. The van der Waals surface area contributed by atoms with E-state index in [2.05, 4.69) is 15.6 Å². The molecule has 0 unspecified atom stereocenters. The number of benzene rings is 1. The predicted octanol–water partition coefficient (Wildman–Crippen LogP) is 2.14. The molecule has 0 saturated carbocycles. The fourth-order valence-electron chi connectivity index (χ4n) is 2.31. The van der Waals surface area contributed by atoms with Crippen LogP contribution in [0.15, 0.2) is 23.2 Å². The summed E-state index contributed by atoms with van der Waals surface area (Å²) in [5.41, 5.74) is 0.820. The van der Waals surface area contributed by atoms with Gasteiger partial charge in [-0.1, -0.05) is 0 Å². The molecule has 1 rings (SSSR count). The summed E-state index contributed by atoms with van der Waals surface area (Å²) in [5, 5.41) is 6.40. The molecule has 0 heterocycles. The topological polar surface area (TPSA) is 92.3 Å². The first-order valence-electron chi connectivity index (χ1n) is 9.18. The number of guanidine groups is 1. The van der Waals surface area contributed by atoms with Gasteiger partial charge in [-0.05, 0) is 39.3 Å². The fraction of sp³-hybridized carbons (Fsp3) is 0.611. The van der Waals surface area contributed by atoms with Crippen molar-refractivity contribution in [2.45, 2.75) is 27.2 Å². The number of methoxy groups -OCH3 is 1. The zero-order valence-corrected chi connectivity index (χ0v) is 17.7. The Bertz CT molecular complexity index is 707. The Morgan fingerprint density at radius 1 is 1.22 bits per heavy atom. The molecule has 0 amide bonds. The SMILES string of the molecule is CCNC(=NCCCN(C)S(=O)(=O)CC)Nc1ccc(OCC)c(OC)c1. The summed E-state index contributed by atoms with van der Waals surface area (Å²) in [6.45, 7) is 7.77. The number of nitrogens with one attached hydrogen (secondary N) is 2. The maximum atomic E-state index is 11.7. The highest BCUT2D eigenvalue weighted by molar-refractivity contribution is 7.89. The second kappa shape index (κ2) is 11.7. The number of anilines is 1. The number of rotatable bonds is 11. The van der Waals surface area contributed by atoms with Gasteiger partial charge in [-0.3, -0.25) is 4.99 Å². The largest absolute Gasteiger partial charge is 0.493 e. The number of nitrogens with zero attached hydrogens (tertiary/aromatic N) is 2. The van der Waals surface area contributed by atoms with Gasteiger partial charge in [0.2, 0.25) is 10.0 Å². The number of hydrogen-bond acceptors (Lipinski definition) is 5. The van der Waals surface area contributed by atoms with Crippen LogP contribution < -0.4 is 20.1 Å². The van der Waals surface area contributed by atoms with Crippen LogP contribution in [0.1, 0.15) is 27.2 Å². The van der Waals surface area contributed by atoms with E-state index in [1.165, 1.54) is 4.31 Å². The molecule has 9 heteroatoms. The van der Waals surface area contributed by atoms with Crippen LogP contribution in [-0.2, 0) is 10.0 Å². The van der Waals surface area contributed by atoms with Gasteiger partial charge in [0.1, 0.15) is 0 Å². The number of ether oxygens (including phenoxy) is 2. The molecule has 0 aliphatic carbocycles. The van der Waals surface area contributed by atoms with Gasteiger partial charge in [-0.2, -0.15) is 0 Å². The van der Waals surface area contributed by atoms with E-state index in [9.17, 15) is 8.42 Å². The normalized spacial score (nSPS) is 12.1. The molecule has 0 spiro atoms. The summed E-state index contributed by atoms with van der Waals surface area (Å²) < 4.78 is 35.8. The molecule has 0 aliphatic heterocycles. The summed E-state index contributed by atoms with van der Waals surface area (Å²) in [6.07, 6.45) is 0.638. The Morgan fingerprint density at radius 2 is 1.96 bits per heavy atom. The van der Waals surface area contributed by atoms with Crippen LogP contribution in [0.25, 0.3) is 0 Å². The van der Waals surface area contributed by atoms with Crippen LogP contribution in [0.5, 0.6) is 11.5 Å². The average Bonchev–Trinajstić information content (AvgIpc) is 2.66. The summed E-state index contributed by atoms with van der Waals surface area (Å²) in [4.78, 5) is 4.50. The average molecular weight is 401 g/mol. The second-order valence-electron chi connectivity index (χ2n) is 5.76. The smallest absolute Gasteiger partial charge is 0.213 e. The van der Waals surface area contributed by atoms with Crippen LogP contribution in [0.2, 0.25) is 0 Å². The van der Waals surface area contributed by atoms with E-state index < -0.39 is 10.0 Å². The molecule has 0 aromatic heterocycles. The molecule has 27 heavy (non-hydrogen) atoms. The number of aliphatic imine (C=N–C) groups is 1. The maximum Gasteiger partial charge on any atom is 0.213 e. The van der Waals surface area contributed by atoms with Crippen LogP contribution in [0, 0.1) is 0 Å². The van der Waals surface area contributed by atoms with Gasteiger partial charge in [-0.25, -0.2) is 12.7 Å². The Labute approximate surface area is 163 Å². The second-order valence-corrected chi connectivity index (χ2v) is 8.12. The van der Waals surface area contributed by atoms with Crippen molar-refractivity contribution in [1.82, 2.24) is 9.62 Å². The molecule has 0 bridgehead atoms. The van der Waals surface area contributed by atoms with Crippen LogP contribution in [-0.4, -0.2) is 64.8 Å². The molecule has 0 atom stereocenters. The summed E-state index contributed by atoms with van der Waals surface area (Å²) in [6, 6.07) is 5.58.